The van der Waals surface area contributed by atoms with Gasteiger partial charge in [0.1, 0.15) is 0 Å². The molecule has 1 N–H and O–H groups in total. The number of thioether (sulfide) groups is 1. The molecule has 0 aromatic heterocycles. The number of benzene rings is 1. The molecular weight excluding hydrogens is 242 g/mol. The topological polar surface area (TPSA) is 44.0 Å². The maximum atomic E-state index is 10.6. The first-order valence-electron chi connectivity index (χ1n) is 6.49. The Bertz CT molecular complexity index is 463. The van der Waals surface area contributed by atoms with Crippen molar-refractivity contribution in [2.24, 2.45) is 11.3 Å². The van der Waals surface area contributed by atoms with Crippen LogP contribution in [0.3, 0.4) is 0 Å². The molecule has 0 amide bonds. The van der Waals surface area contributed by atoms with Gasteiger partial charge in [0.15, 0.2) is 0 Å². The SMILES string of the molecule is N#CC1(C(O)C2CCSC2)Cc2ccccc2C1. The molecule has 0 radical (unpaired) electrons. The van der Waals surface area contributed by atoms with Gasteiger partial charge in [0.05, 0.1) is 17.6 Å². The van der Waals surface area contributed by atoms with Gasteiger partial charge in [-0.2, -0.15) is 17.0 Å². The van der Waals surface area contributed by atoms with Gasteiger partial charge in [0.2, 0.25) is 0 Å². The molecular formula is C15H17NOS. The molecule has 3 heteroatoms. The van der Waals surface area contributed by atoms with Crippen LogP contribution in [0.2, 0.25) is 0 Å². The summed E-state index contributed by atoms with van der Waals surface area (Å²) in [5, 5.41) is 20.2. The van der Waals surface area contributed by atoms with Gasteiger partial charge in [-0.3, -0.25) is 0 Å². The molecule has 18 heavy (non-hydrogen) atoms. The summed E-state index contributed by atoms with van der Waals surface area (Å²) in [4.78, 5) is 0. The predicted octanol–water partition coefficient (Wildman–Crippen LogP) is 2.41. The Labute approximate surface area is 112 Å². The molecule has 0 saturated carbocycles. The lowest BCUT2D eigenvalue weighted by Crippen LogP contribution is -2.40. The van der Waals surface area contributed by atoms with Gasteiger partial charge >= 0.3 is 0 Å². The number of rotatable bonds is 2. The monoisotopic (exact) mass is 259 g/mol. The van der Waals surface area contributed by atoms with E-state index in [1.165, 1.54) is 11.1 Å². The van der Waals surface area contributed by atoms with Crippen LogP contribution >= 0.6 is 11.8 Å². The maximum Gasteiger partial charge on any atom is 0.0915 e. The Balaban J connectivity index is 1.87. The third-order valence-electron chi connectivity index (χ3n) is 4.33. The van der Waals surface area contributed by atoms with Crippen molar-refractivity contribution in [3.05, 3.63) is 35.4 Å². The first-order chi connectivity index (χ1) is 8.75. The second-order valence-corrected chi connectivity index (χ2v) is 6.61. The zero-order valence-electron chi connectivity index (χ0n) is 10.3. The van der Waals surface area contributed by atoms with Gasteiger partial charge in [0.25, 0.3) is 0 Å². The Kier molecular flexibility index (Phi) is 3.09. The largest absolute Gasteiger partial charge is 0.391 e. The van der Waals surface area contributed by atoms with Crippen molar-refractivity contribution in [2.75, 3.05) is 11.5 Å². The molecule has 1 aliphatic carbocycles. The maximum absolute atomic E-state index is 10.6. The highest BCUT2D eigenvalue weighted by atomic mass is 32.2. The molecule has 2 aliphatic rings. The van der Waals surface area contributed by atoms with Gasteiger partial charge in [-0.05, 0) is 47.8 Å². The highest BCUT2D eigenvalue weighted by Crippen LogP contribution is 2.44. The van der Waals surface area contributed by atoms with Crippen LogP contribution in [-0.4, -0.2) is 22.7 Å². The van der Waals surface area contributed by atoms with E-state index in [0.29, 0.717) is 18.8 Å². The molecule has 1 saturated heterocycles. The molecule has 2 unspecified atom stereocenters. The second-order valence-electron chi connectivity index (χ2n) is 5.46. The minimum absolute atomic E-state index is 0.295. The van der Waals surface area contributed by atoms with E-state index in [1.807, 2.05) is 23.9 Å². The minimum Gasteiger partial charge on any atom is -0.391 e. The van der Waals surface area contributed by atoms with E-state index in [0.717, 1.165) is 17.9 Å². The average Bonchev–Trinajstić information content (AvgIpc) is 3.05. The number of nitrogens with zero attached hydrogens (tertiary/aromatic N) is 1. The van der Waals surface area contributed by atoms with Gasteiger partial charge in [0, 0.05) is 0 Å². The molecule has 3 rings (SSSR count). The number of fused-ring (bicyclic) bond motifs is 1. The molecule has 94 valence electrons. The van der Waals surface area contributed by atoms with Crippen molar-refractivity contribution in [2.45, 2.75) is 25.4 Å². The summed E-state index contributed by atoms with van der Waals surface area (Å²) in [5.74, 6) is 2.42. The van der Waals surface area contributed by atoms with E-state index >= 15 is 0 Å². The van der Waals surface area contributed by atoms with Crippen molar-refractivity contribution in [3.8, 4) is 6.07 Å². The summed E-state index contributed by atoms with van der Waals surface area (Å²) < 4.78 is 0. The normalized spacial score (nSPS) is 26.6. The van der Waals surface area contributed by atoms with Crippen LogP contribution in [0.4, 0.5) is 0 Å². The van der Waals surface area contributed by atoms with Crippen molar-refractivity contribution in [1.29, 1.82) is 5.26 Å². The van der Waals surface area contributed by atoms with E-state index in [4.69, 9.17) is 0 Å². The van der Waals surface area contributed by atoms with E-state index in [9.17, 15) is 10.4 Å². The third kappa shape index (κ3) is 1.84. The highest BCUT2D eigenvalue weighted by molar-refractivity contribution is 7.99. The van der Waals surface area contributed by atoms with E-state index < -0.39 is 11.5 Å². The lowest BCUT2D eigenvalue weighted by molar-refractivity contribution is 0.0268. The fraction of sp³-hybridized carbons (Fsp3) is 0.533. The van der Waals surface area contributed by atoms with Crippen LogP contribution in [0.15, 0.2) is 24.3 Å². The van der Waals surface area contributed by atoms with Crippen LogP contribution < -0.4 is 0 Å². The van der Waals surface area contributed by atoms with E-state index in [1.54, 1.807) is 0 Å². The minimum atomic E-state index is -0.584. The van der Waals surface area contributed by atoms with Crippen molar-refractivity contribution >= 4 is 11.8 Å². The van der Waals surface area contributed by atoms with Crippen molar-refractivity contribution in [1.82, 2.24) is 0 Å². The van der Waals surface area contributed by atoms with Gasteiger partial charge in [-0.1, -0.05) is 24.3 Å². The molecule has 1 fully saturated rings. The quantitative estimate of drug-likeness (QED) is 0.887. The summed E-state index contributed by atoms with van der Waals surface area (Å²) in [6, 6.07) is 10.7. The summed E-state index contributed by atoms with van der Waals surface area (Å²) in [6.45, 7) is 0. The molecule has 0 spiro atoms. The Morgan fingerprint density at radius 1 is 1.33 bits per heavy atom. The summed E-state index contributed by atoms with van der Waals surface area (Å²) in [6.07, 6.45) is 1.99. The Hall–Kier alpha value is -0.980. The van der Waals surface area contributed by atoms with Crippen molar-refractivity contribution in [3.63, 3.8) is 0 Å². The number of aliphatic hydroxyl groups is 1. The summed E-state index contributed by atoms with van der Waals surface area (Å²) in [5.41, 5.74) is 1.90. The Morgan fingerprint density at radius 2 is 2.00 bits per heavy atom. The van der Waals surface area contributed by atoms with Crippen molar-refractivity contribution < 1.29 is 5.11 Å². The van der Waals surface area contributed by atoms with Crippen LogP contribution in [0.1, 0.15) is 17.5 Å². The predicted molar refractivity (Wildman–Crippen MR) is 73.3 cm³/mol. The number of nitriles is 1. The fourth-order valence-electron chi connectivity index (χ4n) is 3.25. The van der Waals surface area contributed by atoms with Crippen LogP contribution in [0.5, 0.6) is 0 Å². The number of aliphatic hydroxyl groups excluding tert-OH is 1. The van der Waals surface area contributed by atoms with E-state index in [-0.39, 0.29) is 0 Å². The summed E-state index contributed by atoms with van der Waals surface area (Å²) >= 11 is 1.89. The number of hydrogen-bond donors (Lipinski definition) is 1. The van der Waals surface area contributed by atoms with Gasteiger partial charge in [-0.25, -0.2) is 0 Å². The lowest BCUT2D eigenvalue weighted by atomic mass is 9.75. The average molecular weight is 259 g/mol. The smallest absolute Gasteiger partial charge is 0.0915 e. The molecule has 2 nitrogen and oxygen atoms in total. The zero-order valence-corrected chi connectivity index (χ0v) is 11.1. The zero-order chi connectivity index (χ0) is 12.6. The van der Waals surface area contributed by atoms with Gasteiger partial charge < -0.3 is 5.11 Å². The molecule has 1 aromatic carbocycles. The fourth-order valence-corrected chi connectivity index (χ4v) is 4.54. The first-order valence-corrected chi connectivity index (χ1v) is 7.64. The van der Waals surface area contributed by atoms with Crippen LogP contribution in [-0.2, 0) is 12.8 Å². The lowest BCUT2D eigenvalue weighted by Gasteiger charge is -2.31. The highest BCUT2D eigenvalue weighted by Gasteiger charge is 2.47. The van der Waals surface area contributed by atoms with Crippen LogP contribution in [0.25, 0.3) is 0 Å². The third-order valence-corrected chi connectivity index (χ3v) is 5.52. The standard InChI is InChI=1S/C15H17NOS/c16-10-15(14(17)13-5-6-18-9-13)7-11-3-1-2-4-12(11)8-15/h1-4,13-14,17H,5-9H2. The molecule has 1 aliphatic heterocycles. The first kappa shape index (κ1) is 12.1. The molecule has 1 aromatic rings. The van der Waals surface area contributed by atoms with Gasteiger partial charge in [-0.15, -0.1) is 0 Å². The molecule has 0 bridgehead atoms. The molecule has 2 atom stereocenters. The molecule has 1 heterocycles. The van der Waals surface area contributed by atoms with E-state index in [2.05, 4.69) is 18.2 Å². The summed E-state index contributed by atoms with van der Waals surface area (Å²) in [7, 11) is 0. The second kappa shape index (κ2) is 4.60. The number of hydrogen-bond acceptors (Lipinski definition) is 3. The van der Waals surface area contributed by atoms with Crippen LogP contribution in [0, 0.1) is 22.7 Å². The Morgan fingerprint density at radius 3 is 2.50 bits per heavy atom.